The Morgan fingerprint density at radius 2 is 2.14 bits per heavy atom. The van der Waals surface area contributed by atoms with Gasteiger partial charge in [-0.25, -0.2) is 4.99 Å². The van der Waals surface area contributed by atoms with Gasteiger partial charge in [-0.1, -0.05) is 24.8 Å². The first-order valence-electron chi connectivity index (χ1n) is 12.3. The highest BCUT2D eigenvalue weighted by atomic mass is 16.2. The molecule has 0 unspecified atom stereocenters. The smallest absolute Gasteiger partial charge is 0.245 e. The second kappa shape index (κ2) is 13.9. The van der Waals surface area contributed by atoms with Gasteiger partial charge in [-0.05, 0) is 50.9 Å². The van der Waals surface area contributed by atoms with E-state index in [2.05, 4.69) is 49.8 Å². The molecule has 3 rings (SSSR count). The summed E-state index contributed by atoms with van der Waals surface area (Å²) in [6.45, 7) is 10.0. The molecule has 36 heavy (non-hydrogen) atoms. The molecule has 8 heteroatoms. The highest BCUT2D eigenvalue weighted by Gasteiger charge is 2.16. The molecule has 0 spiro atoms. The SMILES string of the molecule is C=C/C(=N\C=C/C)[C@H]1\C=C/N=C(NC(=O)CN(C)/C=C\c2cnccc2N2CCN(C)CC2)\C=C/C1. The van der Waals surface area contributed by atoms with Crippen molar-refractivity contribution in [3.8, 4) is 0 Å². The molecular weight excluding hydrogens is 450 g/mol. The number of amides is 1. The molecule has 1 saturated heterocycles. The van der Waals surface area contributed by atoms with Gasteiger partial charge in [-0.2, -0.15) is 0 Å². The maximum Gasteiger partial charge on any atom is 0.245 e. The van der Waals surface area contributed by atoms with Crippen LogP contribution >= 0.6 is 0 Å². The largest absolute Gasteiger partial charge is 0.371 e. The van der Waals surface area contributed by atoms with Gasteiger partial charge in [0.1, 0.15) is 5.84 Å². The monoisotopic (exact) mass is 487 g/mol. The average Bonchev–Trinajstić information content (AvgIpc) is 2.86. The number of carbonyl (C=O) groups is 1. The fourth-order valence-corrected chi connectivity index (χ4v) is 3.96. The number of carbonyl (C=O) groups excluding carboxylic acids is 1. The van der Waals surface area contributed by atoms with Crippen molar-refractivity contribution in [1.29, 1.82) is 0 Å². The summed E-state index contributed by atoms with van der Waals surface area (Å²) in [6.07, 6.45) is 21.3. The average molecular weight is 488 g/mol. The molecular formula is C28H37N7O. The van der Waals surface area contributed by atoms with Crippen LogP contribution in [-0.4, -0.2) is 79.1 Å². The topological polar surface area (TPSA) is 76.4 Å². The van der Waals surface area contributed by atoms with E-state index < -0.39 is 0 Å². The van der Waals surface area contributed by atoms with Crippen LogP contribution in [0, 0.1) is 5.92 Å². The lowest BCUT2D eigenvalue weighted by Crippen LogP contribution is -2.44. The van der Waals surface area contributed by atoms with Crippen LogP contribution in [0.5, 0.6) is 0 Å². The third kappa shape index (κ3) is 8.16. The number of aliphatic imine (C=N–C) groups is 2. The zero-order valence-electron chi connectivity index (χ0n) is 21.5. The minimum atomic E-state index is -0.136. The Hall–Kier alpha value is -3.78. The Morgan fingerprint density at radius 3 is 2.89 bits per heavy atom. The van der Waals surface area contributed by atoms with Crippen molar-refractivity contribution in [3.05, 3.63) is 79.6 Å². The lowest BCUT2D eigenvalue weighted by molar-refractivity contribution is -0.120. The van der Waals surface area contributed by atoms with Crippen LogP contribution < -0.4 is 10.2 Å². The van der Waals surface area contributed by atoms with E-state index in [-0.39, 0.29) is 18.4 Å². The Bertz CT molecular complexity index is 1080. The van der Waals surface area contributed by atoms with Crippen molar-refractivity contribution in [2.45, 2.75) is 13.3 Å². The second-order valence-electron chi connectivity index (χ2n) is 8.84. The summed E-state index contributed by atoms with van der Waals surface area (Å²) in [5, 5.41) is 2.89. The molecule has 0 bridgehead atoms. The maximum absolute atomic E-state index is 12.6. The van der Waals surface area contributed by atoms with E-state index in [9.17, 15) is 4.79 Å². The van der Waals surface area contributed by atoms with Crippen LogP contribution in [0.15, 0.2) is 84.0 Å². The van der Waals surface area contributed by atoms with Gasteiger partial charge < -0.3 is 20.0 Å². The van der Waals surface area contributed by atoms with E-state index >= 15 is 0 Å². The molecule has 1 fully saturated rings. The van der Waals surface area contributed by atoms with Gasteiger partial charge in [0, 0.05) is 80.9 Å². The number of nitrogens with zero attached hydrogens (tertiary/aromatic N) is 6. The Kier molecular flexibility index (Phi) is 10.4. The number of rotatable bonds is 8. The summed E-state index contributed by atoms with van der Waals surface area (Å²) >= 11 is 0. The van der Waals surface area contributed by atoms with Crippen LogP contribution in [0.1, 0.15) is 18.9 Å². The number of piperazine rings is 1. The molecule has 1 aromatic heterocycles. The number of allylic oxidation sites excluding steroid dienone is 4. The molecule has 190 valence electrons. The molecule has 0 radical (unpaired) electrons. The van der Waals surface area contributed by atoms with Gasteiger partial charge in [-0.3, -0.25) is 14.8 Å². The summed E-state index contributed by atoms with van der Waals surface area (Å²) in [5.74, 6) is 0.473. The summed E-state index contributed by atoms with van der Waals surface area (Å²) in [6, 6.07) is 2.05. The molecule has 1 N–H and O–H groups in total. The number of pyridine rings is 1. The highest BCUT2D eigenvalue weighted by Crippen LogP contribution is 2.22. The molecule has 8 nitrogen and oxygen atoms in total. The molecule has 3 heterocycles. The normalized spacial score (nSPS) is 22.5. The fraction of sp³-hybridized carbons (Fsp3) is 0.357. The molecule has 1 atom stereocenters. The van der Waals surface area contributed by atoms with Crippen molar-refractivity contribution in [1.82, 2.24) is 20.1 Å². The van der Waals surface area contributed by atoms with E-state index in [4.69, 9.17) is 0 Å². The van der Waals surface area contributed by atoms with Crippen LogP contribution in [0.25, 0.3) is 6.08 Å². The van der Waals surface area contributed by atoms with Crippen molar-refractivity contribution in [2.24, 2.45) is 15.9 Å². The van der Waals surface area contributed by atoms with Crippen molar-refractivity contribution >= 4 is 29.2 Å². The number of hydrogen-bond acceptors (Lipinski definition) is 7. The van der Waals surface area contributed by atoms with Gasteiger partial charge in [0.05, 0.1) is 6.54 Å². The predicted molar refractivity (Wildman–Crippen MR) is 150 cm³/mol. The van der Waals surface area contributed by atoms with Gasteiger partial charge in [0.15, 0.2) is 0 Å². The predicted octanol–water partition coefficient (Wildman–Crippen LogP) is 3.50. The molecule has 2 aliphatic heterocycles. The van der Waals surface area contributed by atoms with Crippen LogP contribution in [0.2, 0.25) is 0 Å². The van der Waals surface area contributed by atoms with Crippen LogP contribution in [0.3, 0.4) is 0 Å². The highest BCUT2D eigenvalue weighted by molar-refractivity contribution is 6.05. The van der Waals surface area contributed by atoms with Crippen molar-refractivity contribution in [2.75, 3.05) is 51.7 Å². The van der Waals surface area contributed by atoms with Crippen molar-refractivity contribution in [3.63, 3.8) is 0 Å². The summed E-state index contributed by atoms with van der Waals surface area (Å²) < 4.78 is 0. The third-order valence-corrected chi connectivity index (χ3v) is 6.00. The number of aromatic nitrogens is 1. The standard InChI is InChI=1S/C28H37N7O/c1-5-13-30-25(6-2)23-8-7-9-27(31-15-10-23)32-28(36)22-34(4)16-12-24-21-29-14-11-26(24)35-19-17-33(3)18-20-35/h5-7,9-16,21,23H,2,8,17-20,22H2,1,3-4H3,(H,31,32,36)/b9-7-,13-5-,15-10-,16-12-,30-25+/t23-/m1/s1. The Labute approximate surface area is 214 Å². The van der Waals surface area contributed by atoms with E-state index in [1.165, 1.54) is 5.69 Å². The van der Waals surface area contributed by atoms with Gasteiger partial charge in [0.25, 0.3) is 0 Å². The van der Waals surface area contributed by atoms with E-state index in [0.717, 1.165) is 43.9 Å². The van der Waals surface area contributed by atoms with Crippen LogP contribution in [-0.2, 0) is 4.79 Å². The second-order valence-corrected chi connectivity index (χ2v) is 8.84. The van der Waals surface area contributed by atoms with Gasteiger partial charge in [0.2, 0.25) is 5.91 Å². The van der Waals surface area contributed by atoms with Crippen molar-refractivity contribution < 1.29 is 4.79 Å². The lowest BCUT2D eigenvalue weighted by Gasteiger charge is -2.34. The van der Waals surface area contributed by atoms with E-state index in [1.54, 1.807) is 18.5 Å². The number of amidine groups is 1. The number of likely N-dealkylation sites (N-methyl/N-ethyl adjacent to an activating group) is 2. The number of hydrogen-bond donors (Lipinski definition) is 1. The number of nitrogens with one attached hydrogen (secondary N) is 1. The third-order valence-electron chi connectivity index (χ3n) is 6.00. The maximum atomic E-state index is 12.6. The van der Waals surface area contributed by atoms with E-state index in [1.807, 2.05) is 67.8 Å². The Balaban J connectivity index is 1.56. The summed E-state index contributed by atoms with van der Waals surface area (Å²) in [4.78, 5) is 32.3. The number of anilines is 1. The minimum Gasteiger partial charge on any atom is -0.371 e. The molecule has 0 saturated carbocycles. The Morgan fingerprint density at radius 1 is 1.33 bits per heavy atom. The van der Waals surface area contributed by atoms with Gasteiger partial charge >= 0.3 is 0 Å². The molecule has 0 aromatic carbocycles. The van der Waals surface area contributed by atoms with E-state index in [0.29, 0.717) is 5.84 Å². The summed E-state index contributed by atoms with van der Waals surface area (Å²) in [7, 11) is 4.03. The first-order chi connectivity index (χ1) is 17.5. The zero-order chi connectivity index (χ0) is 25.8. The molecule has 1 amide bonds. The molecule has 0 aliphatic carbocycles. The first-order valence-corrected chi connectivity index (χ1v) is 12.3. The lowest BCUT2D eigenvalue weighted by atomic mass is 9.98. The van der Waals surface area contributed by atoms with Gasteiger partial charge in [-0.15, -0.1) is 0 Å². The fourth-order valence-electron chi connectivity index (χ4n) is 3.96. The quantitative estimate of drug-likeness (QED) is 0.568. The van der Waals surface area contributed by atoms with Crippen LogP contribution in [0.4, 0.5) is 5.69 Å². The zero-order valence-corrected chi connectivity index (χ0v) is 21.5. The molecule has 2 aliphatic rings. The summed E-state index contributed by atoms with van der Waals surface area (Å²) in [5.41, 5.74) is 3.09. The first kappa shape index (κ1) is 26.8. The molecule has 1 aromatic rings. The minimum absolute atomic E-state index is 0.0930.